The number of aryl methyl sites for hydroxylation is 1. The van der Waals surface area contributed by atoms with Crippen molar-refractivity contribution in [3.05, 3.63) is 48.2 Å². The van der Waals surface area contributed by atoms with Crippen molar-refractivity contribution in [2.24, 2.45) is 0 Å². The maximum absolute atomic E-state index is 12.0. The van der Waals surface area contributed by atoms with Gasteiger partial charge in [-0.2, -0.15) is 0 Å². The van der Waals surface area contributed by atoms with Crippen LogP contribution in [0.1, 0.15) is 26.3 Å². The molecule has 1 aromatic heterocycles. The van der Waals surface area contributed by atoms with E-state index in [9.17, 15) is 9.59 Å². The Balaban J connectivity index is 1.88. The molecule has 0 saturated carbocycles. The molecular formula is C17H18N4O4. The van der Waals surface area contributed by atoms with Crippen molar-refractivity contribution in [1.29, 1.82) is 0 Å². The fourth-order valence-electron chi connectivity index (χ4n) is 2.43. The first-order valence-corrected chi connectivity index (χ1v) is 7.81. The molecule has 1 saturated heterocycles. The van der Waals surface area contributed by atoms with Crippen LogP contribution < -0.4 is 5.32 Å². The molecular weight excluding hydrogens is 324 g/mol. The Morgan fingerprint density at radius 2 is 1.80 bits per heavy atom. The van der Waals surface area contributed by atoms with E-state index in [2.05, 4.69) is 15.5 Å². The molecule has 0 aliphatic carbocycles. The maximum Gasteiger partial charge on any atom is 0.350 e. The Hall–Kier alpha value is -3.16. The van der Waals surface area contributed by atoms with Crippen molar-refractivity contribution >= 4 is 17.6 Å². The second-order valence-electron chi connectivity index (χ2n) is 5.95. The fourth-order valence-corrected chi connectivity index (χ4v) is 2.43. The number of rotatable bonds is 4. The van der Waals surface area contributed by atoms with Crippen molar-refractivity contribution < 1.29 is 19.1 Å². The second-order valence-corrected chi connectivity index (χ2v) is 5.95. The number of carbonyl (C=O) groups is 2. The smallest absolute Gasteiger partial charge is 0.350 e. The third-order valence-electron chi connectivity index (χ3n) is 3.68. The fraction of sp³-hybridized carbons (Fsp3) is 0.294. The van der Waals surface area contributed by atoms with Gasteiger partial charge in [-0.05, 0) is 24.1 Å². The number of benzene rings is 1. The lowest BCUT2D eigenvalue weighted by molar-refractivity contribution is -0.222. The van der Waals surface area contributed by atoms with Crippen LogP contribution in [-0.4, -0.2) is 32.5 Å². The van der Waals surface area contributed by atoms with Crippen LogP contribution in [-0.2, 0) is 25.5 Å². The number of cyclic esters (lactones) is 2. The van der Waals surface area contributed by atoms with Crippen LogP contribution in [0.15, 0.2) is 42.6 Å². The lowest BCUT2D eigenvalue weighted by Crippen LogP contribution is -2.42. The van der Waals surface area contributed by atoms with Crippen LogP contribution >= 0.6 is 0 Å². The van der Waals surface area contributed by atoms with E-state index in [1.807, 2.05) is 25.1 Å². The largest absolute Gasteiger partial charge is 0.419 e. The summed E-state index contributed by atoms with van der Waals surface area (Å²) in [5.74, 6) is -2.70. The summed E-state index contributed by atoms with van der Waals surface area (Å²) < 4.78 is 11.9. The Labute approximate surface area is 144 Å². The molecule has 130 valence electrons. The minimum absolute atomic E-state index is 0.184. The molecule has 0 bridgehead atoms. The van der Waals surface area contributed by atoms with Gasteiger partial charge in [-0.25, -0.2) is 9.59 Å². The Morgan fingerprint density at radius 1 is 1.16 bits per heavy atom. The zero-order chi connectivity index (χ0) is 18.0. The lowest BCUT2D eigenvalue weighted by Gasteiger charge is -2.29. The number of nitrogens with one attached hydrogen (secondary N) is 1. The van der Waals surface area contributed by atoms with Crippen molar-refractivity contribution in [1.82, 2.24) is 14.8 Å². The number of hydrogen-bond donors (Lipinski definition) is 1. The lowest BCUT2D eigenvalue weighted by atomic mass is 10.1. The van der Waals surface area contributed by atoms with E-state index >= 15 is 0 Å². The van der Waals surface area contributed by atoms with E-state index in [-0.39, 0.29) is 5.57 Å². The van der Waals surface area contributed by atoms with Gasteiger partial charge in [-0.3, -0.25) is 4.57 Å². The van der Waals surface area contributed by atoms with E-state index in [4.69, 9.17) is 9.47 Å². The Bertz CT molecular complexity index is 818. The van der Waals surface area contributed by atoms with Crippen LogP contribution in [0, 0.1) is 0 Å². The van der Waals surface area contributed by atoms with Gasteiger partial charge in [0.05, 0.1) is 5.69 Å². The molecule has 1 fully saturated rings. The summed E-state index contributed by atoms with van der Waals surface area (Å²) in [4.78, 5) is 24.0. The van der Waals surface area contributed by atoms with Gasteiger partial charge in [0, 0.05) is 25.7 Å². The van der Waals surface area contributed by atoms with Crippen molar-refractivity contribution in [2.45, 2.75) is 33.0 Å². The van der Waals surface area contributed by atoms with Gasteiger partial charge in [0.2, 0.25) is 0 Å². The molecule has 1 N–H and O–H groups in total. The summed E-state index contributed by atoms with van der Waals surface area (Å²) >= 11 is 0. The molecule has 0 atom stereocenters. The predicted octanol–water partition coefficient (Wildman–Crippen LogP) is 1.96. The van der Waals surface area contributed by atoms with E-state index in [0.29, 0.717) is 0 Å². The van der Waals surface area contributed by atoms with Gasteiger partial charge in [-0.15, -0.1) is 10.2 Å². The standard InChI is InChI=1S/C17H18N4O4/c1-4-11-5-6-12(21-9-19-20-10-21)7-14(11)18-8-13-15(22)24-17(2,3)25-16(13)23/h5-10,18H,4H2,1-3H3. The van der Waals surface area contributed by atoms with Gasteiger partial charge in [0.15, 0.2) is 5.57 Å². The minimum Gasteiger partial charge on any atom is -0.419 e. The monoisotopic (exact) mass is 342 g/mol. The maximum atomic E-state index is 12.0. The van der Waals surface area contributed by atoms with Crippen LogP contribution in [0.4, 0.5) is 5.69 Å². The van der Waals surface area contributed by atoms with Gasteiger partial charge >= 0.3 is 11.9 Å². The first kappa shape index (κ1) is 16.7. The van der Waals surface area contributed by atoms with Crippen LogP contribution in [0.3, 0.4) is 0 Å². The molecule has 2 heterocycles. The average molecular weight is 342 g/mol. The normalized spacial score (nSPS) is 16.2. The highest BCUT2D eigenvalue weighted by atomic mass is 16.7. The van der Waals surface area contributed by atoms with E-state index < -0.39 is 17.7 Å². The Morgan fingerprint density at radius 3 is 2.40 bits per heavy atom. The second kappa shape index (κ2) is 6.39. The summed E-state index contributed by atoms with van der Waals surface area (Å²) in [6, 6.07) is 5.77. The van der Waals surface area contributed by atoms with Crippen LogP contribution in [0.2, 0.25) is 0 Å². The SMILES string of the molecule is CCc1ccc(-n2cnnc2)cc1NC=C1C(=O)OC(C)(C)OC1=O. The van der Waals surface area contributed by atoms with Gasteiger partial charge in [0.1, 0.15) is 12.7 Å². The number of nitrogens with zero attached hydrogens (tertiary/aromatic N) is 3. The van der Waals surface area contributed by atoms with Gasteiger partial charge < -0.3 is 14.8 Å². The third-order valence-corrected chi connectivity index (χ3v) is 3.68. The van der Waals surface area contributed by atoms with Crippen molar-refractivity contribution in [3.63, 3.8) is 0 Å². The van der Waals surface area contributed by atoms with E-state index in [1.54, 1.807) is 17.2 Å². The topological polar surface area (TPSA) is 95.3 Å². The molecule has 1 aromatic carbocycles. The summed E-state index contributed by atoms with van der Waals surface area (Å²) in [6.07, 6.45) is 5.25. The average Bonchev–Trinajstić information content (AvgIpc) is 3.07. The highest BCUT2D eigenvalue weighted by Gasteiger charge is 2.38. The van der Waals surface area contributed by atoms with Crippen molar-refractivity contribution in [2.75, 3.05) is 5.32 Å². The summed E-state index contributed by atoms with van der Waals surface area (Å²) in [7, 11) is 0. The number of anilines is 1. The summed E-state index contributed by atoms with van der Waals surface area (Å²) in [5.41, 5.74) is 2.44. The molecule has 8 nitrogen and oxygen atoms in total. The Kier molecular flexibility index (Phi) is 4.26. The number of esters is 2. The molecule has 2 aromatic rings. The minimum atomic E-state index is -1.26. The van der Waals surface area contributed by atoms with Crippen LogP contribution in [0.25, 0.3) is 5.69 Å². The predicted molar refractivity (Wildman–Crippen MR) is 88.7 cm³/mol. The first-order chi connectivity index (χ1) is 11.9. The van der Waals surface area contributed by atoms with Gasteiger partial charge in [0.25, 0.3) is 5.79 Å². The first-order valence-electron chi connectivity index (χ1n) is 7.81. The van der Waals surface area contributed by atoms with Crippen LogP contribution in [0.5, 0.6) is 0 Å². The third kappa shape index (κ3) is 3.52. The molecule has 0 amide bonds. The molecule has 1 aliphatic heterocycles. The molecule has 1 aliphatic rings. The summed E-state index contributed by atoms with van der Waals surface area (Å²) in [5, 5.41) is 10.6. The molecule has 8 heteroatoms. The molecule has 0 unspecified atom stereocenters. The molecule has 25 heavy (non-hydrogen) atoms. The molecule has 3 rings (SSSR count). The summed E-state index contributed by atoms with van der Waals surface area (Å²) in [6.45, 7) is 5.02. The molecule has 0 radical (unpaired) electrons. The quantitative estimate of drug-likeness (QED) is 0.515. The highest BCUT2D eigenvalue weighted by molar-refractivity contribution is 6.15. The highest BCUT2D eigenvalue weighted by Crippen LogP contribution is 2.24. The van der Waals surface area contributed by atoms with E-state index in [0.717, 1.165) is 23.4 Å². The number of hydrogen-bond acceptors (Lipinski definition) is 7. The van der Waals surface area contributed by atoms with E-state index in [1.165, 1.54) is 20.0 Å². The zero-order valence-corrected chi connectivity index (χ0v) is 14.1. The number of ether oxygens (including phenoxy) is 2. The number of aromatic nitrogens is 3. The number of carbonyl (C=O) groups excluding carboxylic acids is 2. The van der Waals surface area contributed by atoms with Crippen molar-refractivity contribution in [3.8, 4) is 5.69 Å². The van der Waals surface area contributed by atoms with Gasteiger partial charge in [-0.1, -0.05) is 13.0 Å². The molecule has 0 spiro atoms. The zero-order valence-electron chi connectivity index (χ0n) is 14.1.